The van der Waals surface area contributed by atoms with Gasteiger partial charge in [0.25, 0.3) is 0 Å². The minimum Gasteiger partial charge on any atom is -0.464 e. The monoisotopic (exact) mass is 206 g/mol. The van der Waals surface area contributed by atoms with Gasteiger partial charge in [0.1, 0.15) is 0 Å². The molecular weight excluding hydrogens is 196 g/mol. The van der Waals surface area contributed by atoms with E-state index < -0.39 is 17.5 Å². The van der Waals surface area contributed by atoms with Gasteiger partial charge in [0.2, 0.25) is 5.78 Å². The second kappa shape index (κ2) is 4.36. The zero-order valence-electron chi connectivity index (χ0n) is 8.11. The molecule has 15 heavy (non-hydrogen) atoms. The van der Waals surface area contributed by atoms with E-state index in [0.29, 0.717) is 0 Å². The third kappa shape index (κ3) is 2.19. The lowest BCUT2D eigenvalue weighted by Gasteiger charge is -2.03. The van der Waals surface area contributed by atoms with Crippen LogP contribution >= 0.6 is 0 Å². The number of nitrogens with two attached hydrogens (primary N) is 1. The molecule has 1 aromatic carbocycles. The van der Waals surface area contributed by atoms with Crippen molar-refractivity contribution in [3.8, 4) is 0 Å². The Morgan fingerprint density at radius 2 is 1.93 bits per heavy atom. The molecule has 0 saturated carbocycles. The van der Waals surface area contributed by atoms with Gasteiger partial charge in [-0.25, -0.2) is 4.79 Å². The van der Waals surface area contributed by atoms with E-state index in [4.69, 9.17) is 11.1 Å². The van der Waals surface area contributed by atoms with E-state index in [-0.39, 0.29) is 11.3 Å². The van der Waals surface area contributed by atoms with Crippen LogP contribution < -0.4 is 5.73 Å². The quantitative estimate of drug-likeness (QED) is 0.249. The number of hydrogen-bond acceptors (Lipinski definition) is 5. The normalized spacial score (nSPS) is 9.40. The Bertz CT molecular complexity index is 426. The van der Waals surface area contributed by atoms with Gasteiger partial charge in [-0.3, -0.25) is 10.2 Å². The molecule has 0 heterocycles. The van der Waals surface area contributed by atoms with Crippen molar-refractivity contribution in [2.75, 3.05) is 12.8 Å². The standard InChI is InChI=1S/C10H10N2O3/c1-15-10(14)8(12)9(13)6-4-2-3-5-7(6)11/h2-5,12H,11H2,1H3. The molecule has 0 radical (unpaired) electrons. The molecule has 0 bridgehead atoms. The van der Waals surface area contributed by atoms with Crippen LogP contribution in [0.15, 0.2) is 24.3 Å². The van der Waals surface area contributed by atoms with Gasteiger partial charge in [0, 0.05) is 11.3 Å². The summed E-state index contributed by atoms with van der Waals surface area (Å²) in [6.07, 6.45) is 0. The highest BCUT2D eigenvalue weighted by atomic mass is 16.5. The number of rotatable bonds is 3. The van der Waals surface area contributed by atoms with Crippen LogP contribution in [0, 0.1) is 5.41 Å². The SMILES string of the molecule is COC(=O)C(=N)C(=O)c1ccccc1N. The van der Waals surface area contributed by atoms with Crippen molar-refractivity contribution in [2.24, 2.45) is 0 Å². The highest BCUT2D eigenvalue weighted by Gasteiger charge is 2.21. The summed E-state index contributed by atoms with van der Waals surface area (Å²) in [5.41, 5.74) is 5.17. The number of Topliss-reactive ketones (excluding diaryl/α,β-unsaturated/α-hetero) is 1. The zero-order chi connectivity index (χ0) is 11.4. The van der Waals surface area contributed by atoms with E-state index in [2.05, 4.69) is 4.74 Å². The van der Waals surface area contributed by atoms with Crippen LogP contribution in [0.3, 0.4) is 0 Å². The van der Waals surface area contributed by atoms with Gasteiger partial charge in [-0.1, -0.05) is 12.1 Å². The Morgan fingerprint density at radius 1 is 1.33 bits per heavy atom. The van der Waals surface area contributed by atoms with E-state index in [1.165, 1.54) is 12.1 Å². The number of ether oxygens (including phenoxy) is 1. The summed E-state index contributed by atoms with van der Waals surface area (Å²) < 4.78 is 4.27. The van der Waals surface area contributed by atoms with E-state index >= 15 is 0 Å². The zero-order valence-corrected chi connectivity index (χ0v) is 8.11. The van der Waals surface area contributed by atoms with Gasteiger partial charge in [0.05, 0.1) is 7.11 Å². The first-order valence-corrected chi connectivity index (χ1v) is 4.14. The van der Waals surface area contributed by atoms with E-state index in [0.717, 1.165) is 7.11 Å². The van der Waals surface area contributed by atoms with E-state index in [1.807, 2.05) is 0 Å². The molecule has 0 saturated heterocycles. The van der Waals surface area contributed by atoms with Crippen molar-refractivity contribution in [1.29, 1.82) is 5.41 Å². The van der Waals surface area contributed by atoms with Crippen molar-refractivity contribution in [2.45, 2.75) is 0 Å². The summed E-state index contributed by atoms with van der Waals surface area (Å²) in [4.78, 5) is 22.5. The predicted octanol–water partition coefficient (Wildman–Crippen LogP) is 0.644. The first-order chi connectivity index (χ1) is 7.07. The number of para-hydroxylation sites is 1. The molecule has 0 spiro atoms. The average Bonchev–Trinajstić information content (AvgIpc) is 2.26. The lowest BCUT2D eigenvalue weighted by Crippen LogP contribution is -2.25. The van der Waals surface area contributed by atoms with E-state index in [9.17, 15) is 9.59 Å². The Hall–Kier alpha value is -2.17. The van der Waals surface area contributed by atoms with Gasteiger partial charge >= 0.3 is 5.97 Å². The Morgan fingerprint density at radius 3 is 2.47 bits per heavy atom. The van der Waals surface area contributed by atoms with Gasteiger partial charge in [-0.2, -0.15) is 0 Å². The number of benzene rings is 1. The third-order valence-corrected chi connectivity index (χ3v) is 1.82. The van der Waals surface area contributed by atoms with Crippen molar-refractivity contribution >= 4 is 23.2 Å². The summed E-state index contributed by atoms with van der Waals surface area (Å²) in [6, 6.07) is 6.25. The van der Waals surface area contributed by atoms with Crippen LogP contribution in [0.5, 0.6) is 0 Å². The van der Waals surface area contributed by atoms with Gasteiger partial charge < -0.3 is 10.5 Å². The summed E-state index contributed by atoms with van der Waals surface area (Å²) in [6.45, 7) is 0. The Balaban J connectivity index is 3.01. The van der Waals surface area contributed by atoms with Gasteiger partial charge in [0.15, 0.2) is 5.71 Å². The first-order valence-electron chi connectivity index (χ1n) is 4.14. The van der Waals surface area contributed by atoms with Crippen molar-refractivity contribution < 1.29 is 14.3 Å². The molecule has 0 aromatic heterocycles. The lowest BCUT2D eigenvalue weighted by molar-refractivity contribution is -0.132. The number of nitrogen functional groups attached to an aromatic ring is 1. The molecule has 0 atom stereocenters. The number of hydrogen-bond donors (Lipinski definition) is 2. The molecule has 78 valence electrons. The molecule has 0 fully saturated rings. The maximum atomic E-state index is 11.6. The molecule has 0 aliphatic carbocycles. The summed E-state index contributed by atoms with van der Waals surface area (Å²) >= 11 is 0. The fourth-order valence-electron chi connectivity index (χ4n) is 1.03. The maximum absolute atomic E-state index is 11.6. The highest BCUT2D eigenvalue weighted by molar-refractivity contribution is 6.67. The number of nitrogens with one attached hydrogen (secondary N) is 1. The van der Waals surface area contributed by atoms with Gasteiger partial charge in [-0.05, 0) is 12.1 Å². The minimum absolute atomic E-state index is 0.132. The number of methoxy groups -OCH3 is 1. The Kier molecular flexibility index (Phi) is 3.17. The van der Waals surface area contributed by atoms with Crippen LogP contribution in [0.1, 0.15) is 10.4 Å². The van der Waals surface area contributed by atoms with Crippen molar-refractivity contribution in [3.05, 3.63) is 29.8 Å². The van der Waals surface area contributed by atoms with Crippen LogP contribution in [-0.4, -0.2) is 24.6 Å². The molecule has 1 aromatic rings. The highest BCUT2D eigenvalue weighted by Crippen LogP contribution is 2.11. The summed E-state index contributed by atoms with van der Waals surface area (Å²) in [5, 5.41) is 7.26. The number of esters is 1. The van der Waals surface area contributed by atoms with E-state index in [1.54, 1.807) is 12.1 Å². The number of ketones is 1. The molecular formula is C10H10N2O3. The molecule has 0 aliphatic heterocycles. The maximum Gasteiger partial charge on any atom is 0.360 e. The molecule has 1 rings (SSSR count). The van der Waals surface area contributed by atoms with Crippen molar-refractivity contribution in [3.63, 3.8) is 0 Å². The predicted molar refractivity (Wildman–Crippen MR) is 54.9 cm³/mol. The molecule has 5 nitrogen and oxygen atoms in total. The average molecular weight is 206 g/mol. The lowest BCUT2D eigenvalue weighted by atomic mass is 10.1. The summed E-state index contributed by atoms with van der Waals surface area (Å²) in [7, 11) is 1.11. The Labute approximate surface area is 86.4 Å². The van der Waals surface area contributed by atoms with Crippen LogP contribution in [0.2, 0.25) is 0 Å². The number of carbonyl (C=O) groups excluding carboxylic acids is 2. The molecule has 0 unspecified atom stereocenters. The second-order valence-corrected chi connectivity index (χ2v) is 2.78. The van der Waals surface area contributed by atoms with Crippen LogP contribution in [0.25, 0.3) is 0 Å². The topological polar surface area (TPSA) is 93.2 Å². The van der Waals surface area contributed by atoms with Crippen LogP contribution in [0.4, 0.5) is 5.69 Å². The largest absolute Gasteiger partial charge is 0.464 e. The number of carbonyl (C=O) groups is 2. The molecule has 0 amide bonds. The molecule has 0 aliphatic rings. The molecule has 3 N–H and O–H groups in total. The summed E-state index contributed by atoms with van der Waals surface area (Å²) in [5.74, 6) is -1.71. The fraction of sp³-hybridized carbons (Fsp3) is 0.100. The minimum atomic E-state index is -0.969. The second-order valence-electron chi connectivity index (χ2n) is 2.78. The fourth-order valence-corrected chi connectivity index (χ4v) is 1.03. The molecule has 5 heteroatoms. The van der Waals surface area contributed by atoms with Crippen molar-refractivity contribution in [1.82, 2.24) is 0 Å². The third-order valence-electron chi connectivity index (χ3n) is 1.82. The first kappa shape index (κ1) is 10.9. The number of anilines is 1. The van der Waals surface area contributed by atoms with Crippen LogP contribution in [-0.2, 0) is 9.53 Å². The van der Waals surface area contributed by atoms with Gasteiger partial charge in [-0.15, -0.1) is 0 Å². The smallest absolute Gasteiger partial charge is 0.360 e.